The first-order valence-electron chi connectivity index (χ1n) is 6.57. The molecule has 0 heterocycles. The fraction of sp³-hybridized carbons (Fsp3) is 0.500. The maximum Gasteiger partial charge on any atom is 0.387 e. The van der Waals surface area contributed by atoms with Gasteiger partial charge >= 0.3 is 6.61 Å². The minimum Gasteiger partial charge on any atom is -0.490 e. The standard InChI is InChI=1S/C14H20F2N2O3/c1-4-20-12-7-10(5-6-11(12)21-14(15)16)9-18(3)13(19)8-17-2/h5-7,14,17H,4,8-9H2,1-3H3. The number of halogens is 2. The molecule has 0 aliphatic carbocycles. The number of likely N-dealkylation sites (N-methyl/N-ethyl adjacent to an activating group) is 2. The van der Waals surface area contributed by atoms with Crippen molar-refractivity contribution in [2.45, 2.75) is 20.1 Å². The molecule has 0 aliphatic heterocycles. The number of rotatable bonds is 8. The summed E-state index contributed by atoms with van der Waals surface area (Å²) in [5.74, 6) is 0.160. The average molecular weight is 302 g/mol. The number of hydrogen-bond donors (Lipinski definition) is 1. The summed E-state index contributed by atoms with van der Waals surface area (Å²) < 4.78 is 34.3. The van der Waals surface area contributed by atoms with Crippen LogP contribution in [0.1, 0.15) is 12.5 Å². The number of benzene rings is 1. The zero-order chi connectivity index (χ0) is 15.8. The molecule has 0 radical (unpaired) electrons. The third kappa shape index (κ3) is 5.55. The van der Waals surface area contributed by atoms with E-state index in [0.717, 1.165) is 5.56 Å². The zero-order valence-corrected chi connectivity index (χ0v) is 12.4. The van der Waals surface area contributed by atoms with Gasteiger partial charge in [-0.3, -0.25) is 4.79 Å². The Hall–Kier alpha value is -1.89. The zero-order valence-electron chi connectivity index (χ0n) is 12.4. The van der Waals surface area contributed by atoms with E-state index in [0.29, 0.717) is 13.2 Å². The third-order valence-corrected chi connectivity index (χ3v) is 2.70. The molecular weight excluding hydrogens is 282 g/mol. The number of alkyl halides is 2. The molecule has 118 valence electrons. The first-order valence-corrected chi connectivity index (χ1v) is 6.57. The highest BCUT2D eigenvalue weighted by Crippen LogP contribution is 2.30. The summed E-state index contributed by atoms with van der Waals surface area (Å²) in [4.78, 5) is 13.2. The second kappa shape index (κ2) is 8.41. The lowest BCUT2D eigenvalue weighted by molar-refractivity contribution is -0.129. The Morgan fingerprint density at radius 3 is 2.67 bits per heavy atom. The Labute approximate surface area is 122 Å². The quantitative estimate of drug-likeness (QED) is 0.796. The molecule has 1 rings (SSSR count). The summed E-state index contributed by atoms with van der Waals surface area (Å²) in [7, 11) is 3.36. The van der Waals surface area contributed by atoms with Gasteiger partial charge in [0.1, 0.15) is 0 Å². The predicted molar refractivity (Wildman–Crippen MR) is 74.6 cm³/mol. The van der Waals surface area contributed by atoms with Gasteiger partial charge in [-0.2, -0.15) is 8.78 Å². The van der Waals surface area contributed by atoms with Crippen molar-refractivity contribution in [2.75, 3.05) is 27.2 Å². The van der Waals surface area contributed by atoms with E-state index in [-0.39, 0.29) is 24.0 Å². The second-order valence-corrected chi connectivity index (χ2v) is 4.37. The van der Waals surface area contributed by atoms with Crippen molar-refractivity contribution in [3.63, 3.8) is 0 Å². The molecule has 1 amide bonds. The van der Waals surface area contributed by atoms with Crippen molar-refractivity contribution in [1.82, 2.24) is 10.2 Å². The highest BCUT2D eigenvalue weighted by Gasteiger charge is 2.13. The van der Waals surface area contributed by atoms with E-state index in [9.17, 15) is 13.6 Å². The molecule has 1 aromatic rings. The largest absolute Gasteiger partial charge is 0.490 e. The first-order chi connectivity index (χ1) is 9.97. The van der Waals surface area contributed by atoms with Crippen molar-refractivity contribution in [2.24, 2.45) is 0 Å². The van der Waals surface area contributed by atoms with E-state index < -0.39 is 6.61 Å². The lowest BCUT2D eigenvalue weighted by Crippen LogP contribution is -2.33. The van der Waals surface area contributed by atoms with Gasteiger partial charge in [-0.25, -0.2) is 0 Å². The van der Waals surface area contributed by atoms with Crippen LogP contribution in [0, 0.1) is 0 Å². The summed E-state index contributed by atoms with van der Waals surface area (Å²) >= 11 is 0. The summed E-state index contributed by atoms with van der Waals surface area (Å²) in [5.41, 5.74) is 0.770. The number of ether oxygens (including phenoxy) is 2. The topological polar surface area (TPSA) is 50.8 Å². The minimum absolute atomic E-state index is 0.0141. The smallest absolute Gasteiger partial charge is 0.387 e. The lowest BCUT2D eigenvalue weighted by atomic mass is 10.2. The molecule has 0 aromatic heterocycles. The van der Waals surface area contributed by atoms with Crippen LogP contribution in [-0.4, -0.2) is 44.7 Å². The van der Waals surface area contributed by atoms with Crippen LogP contribution in [0.15, 0.2) is 18.2 Å². The maximum absolute atomic E-state index is 12.3. The molecule has 21 heavy (non-hydrogen) atoms. The summed E-state index contributed by atoms with van der Waals surface area (Å²) in [6, 6.07) is 4.65. The molecule has 0 saturated carbocycles. The summed E-state index contributed by atoms with van der Waals surface area (Å²) in [6.45, 7) is -0.231. The predicted octanol–water partition coefficient (Wildman–Crippen LogP) is 1.86. The number of hydrogen-bond acceptors (Lipinski definition) is 4. The average Bonchev–Trinajstić information content (AvgIpc) is 2.41. The summed E-state index contributed by atoms with van der Waals surface area (Å²) in [5, 5.41) is 2.78. The van der Waals surface area contributed by atoms with Gasteiger partial charge in [0.05, 0.1) is 13.2 Å². The van der Waals surface area contributed by atoms with Crippen molar-refractivity contribution >= 4 is 5.91 Å². The Kier molecular flexibility index (Phi) is 6.87. The van der Waals surface area contributed by atoms with Gasteiger partial charge in [0, 0.05) is 13.6 Å². The maximum atomic E-state index is 12.3. The molecule has 0 fully saturated rings. The van der Waals surface area contributed by atoms with Crippen LogP contribution >= 0.6 is 0 Å². The van der Waals surface area contributed by atoms with Crippen molar-refractivity contribution in [3.8, 4) is 11.5 Å². The van der Waals surface area contributed by atoms with Gasteiger partial charge in [0.2, 0.25) is 5.91 Å². The molecular formula is C14H20F2N2O3. The third-order valence-electron chi connectivity index (χ3n) is 2.70. The molecule has 0 aliphatic rings. The number of carbonyl (C=O) groups is 1. The van der Waals surface area contributed by atoms with E-state index in [1.54, 1.807) is 33.2 Å². The van der Waals surface area contributed by atoms with Crippen molar-refractivity contribution in [3.05, 3.63) is 23.8 Å². The van der Waals surface area contributed by atoms with Crippen LogP contribution in [-0.2, 0) is 11.3 Å². The molecule has 5 nitrogen and oxygen atoms in total. The van der Waals surface area contributed by atoms with Crippen molar-refractivity contribution < 1.29 is 23.0 Å². The van der Waals surface area contributed by atoms with Crippen LogP contribution in [0.25, 0.3) is 0 Å². The Morgan fingerprint density at radius 1 is 1.38 bits per heavy atom. The van der Waals surface area contributed by atoms with Crippen LogP contribution in [0.2, 0.25) is 0 Å². The minimum atomic E-state index is -2.91. The van der Waals surface area contributed by atoms with Crippen LogP contribution < -0.4 is 14.8 Å². The molecule has 0 spiro atoms. The molecule has 0 bridgehead atoms. The highest BCUT2D eigenvalue weighted by atomic mass is 19.3. The van der Waals surface area contributed by atoms with Gasteiger partial charge in [-0.1, -0.05) is 6.07 Å². The van der Waals surface area contributed by atoms with Gasteiger partial charge in [-0.15, -0.1) is 0 Å². The highest BCUT2D eigenvalue weighted by molar-refractivity contribution is 5.77. The normalized spacial score (nSPS) is 10.6. The van der Waals surface area contributed by atoms with Gasteiger partial charge in [0.15, 0.2) is 11.5 Å². The van der Waals surface area contributed by atoms with Crippen LogP contribution in [0.4, 0.5) is 8.78 Å². The number of carbonyl (C=O) groups excluding carboxylic acids is 1. The molecule has 7 heteroatoms. The van der Waals surface area contributed by atoms with E-state index in [2.05, 4.69) is 10.1 Å². The molecule has 0 unspecified atom stereocenters. The Balaban J connectivity index is 2.84. The van der Waals surface area contributed by atoms with E-state index in [1.807, 2.05) is 0 Å². The fourth-order valence-corrected chi connectivity index (χ4v) is 1.76. The Morgan fingerprint density at radius 2 is 2.10 bits per heavy atom. The fourth-order valence-electron chi connectivity index (χ4n) is 1.76. The van der Waals surface area contributed by atoms with E-state index in [4.69, 9.17) is 4.74 Å². The van der Waals surface area contributed by atoms with Gasteiger partial charge in [-0.05, 0) is 31.7 Å². The molecule has 0 saturated heterocycles. The SMILES string of the molecule is CCOc1cc(CN(C)C(=O)CNC)ccc1OC(F)F. The number of nitrogens with zero attached hydrogens (tertiary/aromatic N) is 1. The number of amides is 1. The molecule has 1 aromatic carbocycles. The van der Waals surface area contributed by atoms with Gasteiger partial charge in [0.25, 0.3) is 0 Å². The Bertz CT molecular complexity index is 470. The van der Waals surface area contributed by atoms with E-state index >= 15 is 0 Å². The van der Waals surface area contributed by atoms with Crippen molar-refractivity contribution in [1.29, 1.82) is 0 Å². The molecule has 0 atom stereocenters. The first kappa shape index (κ1) is 17.2. The van der Waals surface area contributed by atoms with Crippen LogP contribution in [0.3, 0.4) is 0 Å². The number of nitrogens with one attached hydrogen (secondary N) is 1. The lowest BCUT2D eigenvalue weighted by Gasteiger charge is -2.18. The second-order valence-electron chi connectivity index (χ2n) is 4.37. The van der Waals surface area contributed by atoms with Crippen LogP contribution in [0.5, 0.6) is 11.5 Å². The van der Waals surface area contributed by atoms with E-state index in [1.165, 1.54) is 11.0 Å². The monoisotopic (exact) mass is 302 g/mol. The molecule has 1 N–H and O–H groups in total. The summed E-state index contributed by atoms with van der Waals surface area (Å²) in [6.07, 6.45) is 0. The van der Waals surface area contributed by atoms with Gasteiger partial charge < -0.3 is 19.7 Å².